The van der Waals surface area contributed by atoms with E-state index >= 15 is 0 Å². The number of hydrogen-bond acceptors (Lipinski definition) is 4. The van der Waals surface area contributed by atoms with Crippen LogP contribution in [-0.4, -0.2) is 53.4 Å². The molecule has 0 radical (unpaired) electrons. The van der Waals surface area contributed by atoms with Crippen LogP contribution in [0.5, 0.6) is 5.75 Å². The smallest absolute Gasteiger partial charge is 0.404 e. The minimum atomic E-state index is -1.06. The third-order valence-electron chi connectivity index (χ3n) is 4.36. The normalized spacial score (nSPS) is 14.9. The van der Waals surface area contributed by atoms with Gasteiger partial charge in [0.25, 0.3) is 0 Å². The number of likely N-dealkylation sites (tertiary alicyclic amines) is 1. The molecular formula is C17H19FN4O4. The molecule has 2 heterocycles. The van der Waals surface area contributed by atoms with Crippen LogP contribution in [0.4, 0.5) is 19.7 Å². The summed E-state index contributed by atoms with van der Waals surface area (Å²) in [5, 5.41) is 14.4. The van der Waals surface area contributed by atoms with E-state index < -0.39 is 11.9 Å². The lowest BCUT2D eigenvalue weighted by Crippen LogP contribution is -2.47. The molecule has 3 N–H and O–H groups in total. The van der Waals surface area contributed by atoms with Gasteiger partial charge in [-0.05, 0) is 25.0 Å². The molecule has 0 atom stereocenters. The number of rotatable bonds is 3. The molecule has 3 amide bonds. The molecule has 8 nitrogen and oxygen atoms in total. The minimum Gasteiger partial charge on any atom is -0.497 e. The summed E-state index contributed by atoms with van der Waals surface area (Å²) in [6.45, 7) is 0.856. The number of ether oxygens (including phenoxy) is 1. The van der Waals surface area contributed by atoms with Gasteiger partial charge in [0.2, 0.25) is 0 Å². The first-order valence-corrected chi connectivity index (χ1v) is 8.15. The van der Waals surface area contributed by atoms with Crippen LogP contribution < -0.4 is 15.4 Å². The van der Waals surface area contributed by atoms with Gasteiger partial charge in [-0.25, -0.2) is 14.0 Å². The zero-order valence-electron chi connectivity index (χ0n) is 14.2. The Balaban J connectivity index is 1.74. The third kappa shape index (κ3) is 3.76. The first kappa shape index (κ1) is 17.7. The Labute approximate surface area is 149 Å². The average molecular weight is 362 g/mol. The number of nitrogens with zero attached hydrogens (tertiary/aromatic N) is 2. The van der Waals surface area contributed by atoms with E-state index in [2.05, 4.69) is 15.6 Å². The Morgan fingerprint density at radius 3 is 2.73 bits per heavy atom. The molecule has 0 aliphatic carbocycles. The highest BCUT2D eigenvalue weighted by atomic mass is 19.1. The minimum absolute atomic E-state index is 0.146. The van der Waals surface area contributed by atoms with E-state index in [1.165, 1.54) is 19.4 Å². The van der Waals surface area contributed by atoms with Gasteiger partial charge in [0.15, 0.2) is 5.82 Å². The van der Waals surface area contributed by atoms with E-state index in [1.807, 2.05) is 0 Å². The third-order valence-corrected chi connectivity index (χ3v) is 4.36. The average Bonchev–Trinajstić information content (AvgIpc) is 2.62. The summed E-state index contributed by atoms with van der Waals surface area (Å²) >= 11 is 0. The lowest BCUT2D eigenvalue weighted by Gasteiger charge is -2.31. The SMILES string of the molecule is COc1cc(F)c2nccc(NC(=O)N3CCC(NC(=O)O)CC3)c2c1. The fraction of sp³-hybridized carbons (Fsp3) is 0.353. The summed E-state index contributed by atoms with van der Waals surface area (Å²) in [5.41, 5.74) is 0.580. The Morgan fingerprint density at radius 2 is 2.08 bits per heavy atom. The van der Waals surface area contributed by atoms with Gasteiger partial charge in [-0.1, -0.05) is 0 Å². The number of nitrogens with one attached hydrogen (secondary N) is 2. The van der Waals surface area contributed by atoms with E-state index in [1.54, 1.807) is 17.0 Å². The molecule has 1 aliphatic heterocycles. The second-order valence-corrected chi connectivity index (χ2v) is 6.00. The largest absolute Gasteiger partial charge is 0.497 e. The van der Waals surface area contributed by atoms with E-state index in [9.17, 15) is 14.0 Å². The maximum absolute atomic E-state index is 14.1. The first-order chi connectivity index (χ1) is 12.5. The van der Waals surface area contributed by atoms with Gasteiger partial charge in [-0.15, -0.1) is 0 Å². The van der Waals surface area contributed by atoms with Crippen molar-refractivity contribution in [2.45, 2.75) is 18.9 Å². The maximum Gasteiger partial charge on any atom is 0.404 e. The van der Waals surface area contributed by atoms with E-state index in [4.69, 9.17) is 9.84 Å². The number of hydrogen-bond donors (Lipinski definition) is 3. The van der Waals surface area contributed by atoms with Crippen LogP contribution in [-0.2, 0) is 0 Å². The van der Waals surface area contributed by atoms with E-state index in [0.29, 0.717) is 42.8 Å². The summed E-state index contributed by atoms with van der Waals surface area (Å²) < 4.78 is 19.2. The summed E-state index contributed by atoms with van der Waals surface area (Å²) in [6, 6.07) is 3.97. The van der Waals surface area contributed by atoms with Crippen molar-refractivity contribution < 1.29 is 23.8 Å². The number of carboxylic acid groups (broad SMARTS) is 1. The fourth-order valence-electron chi connectivity index (χ4n) is 3.01. The Morgan fingerprint density at radius 1 is 1.35 bits per heavy atom. The summed E-state index contributed by atoms with van der Waals surface area (Å²) in [4.78, 5) is 28.8. The zero-order valence-corrected chi connectivity index (χ0v) is 14.2. The van der Waals surface area contributed by atoms with Gasteiger partial charge < -0.3 is 25.4 Å². The summed E-state index contributed by atoms with van der Waals surface area (Å²) in [7, 11) is 1.44. The molecule has 26 heavy (non-hydrogen) atoms. The standard InChI is InChI=1S/C17H19FN4O4/c1-26-11-8-12-14(2-5-19-15(12)13(18)9-11)21-16(23)22-6-3-10(4-7-22)20-17(24)25/h2,5,8-10,20H,3-4,6-7H2,1H3,(H,24,25)(H,19,21,23). The number of halogens is 1. The predicted molar refractivity (Wildman–Crippen MR) is 93.0 cm³/mol. The molecule has 0 unspecified atom stereocenters. The molecule has 2 aromatic rings. The molecule has 0 saturated carbocycles. The number of carbonyl (C=O) groups excluding carboxylic acids is 1. The number of aromatic nitrogens is 1. The van der Waals surface area contributed by atoms with Gasteiger partial charge in [0, 0.05) is 36.8 Å². The molecule has 1 fully saturated rings. The number of amides is 3. The number of anilines is 1. The Hall–Kier alpha value is -3.10. The van der Waals surface area contributed by atoms with Crippen molar-refractivity contribution in [3.63, 3.8) is 0 Å². The second-order valence-electron chi connectivity index (χ2n) is 6.00. The maximum atomic E-state index is 14.1. The molecule has 1 saturated heterocycles. The quantitative estimate of drug-likeness (QED) is 0.779. The molecule has 1 aliphatic rings. The molecule has 138 valence electrons. The number of carbonyl (C=O) groups is 2. The lowest BCUT2D eigenvalue weighted by molar-refractivity contribution is 0.171. The molecular weight excluding hydrogens is 343 g/mol. The lowest BCUT2D eigenvalue weighted by atomic mass is 10.1. The van der Waals surface area contributed by atoms with Crippen LogP contribution in [0.3, 0.4) is 0 Å². The number of piperidine rings is 1. The van der Waals surface area contributed by atoms with Crippen LogP contribution in [0.1, 0.15) is 12.8 Å². The van der Waals surface area contributed by atoms with Crippen molar-refractivity contribution in [1.29, 1.82) is 0 Å². The van der Waals surface area contributed by atoms with Gasteiger partial charge in [0.05, 0.1) is 12.8 Å². The Kier molecular flexibility index (Phi) is 5.06. The van der Waals surface area contributed by atoms with Crippen molar-refractivity contribution in [3.05, 3.63) is 30.2 Å². The van der Waals surface area contributed by atoms with Crippen LogP contribution >= 0.6 is 0 Å². The molecule has 3 rings (SSSR count). The van der Waals surface area contributed by atoms with Crippen LogP contribution in [0, 0.1) is 5.82 Å². The molecule has 0 bridgehead atoms. The number of methoxy groups -OCH3 is 1. The van der Waals surface area contributed by atoms with Gasteiger partial charge >= 0.3 is 12.1 Å². The topological polar surface area (TPSA) is 104 Å². The van der Waals surface area contributed by atoms with Crippen LogP contribution in [0.2, 0.25) is 0 Å². The van der Waals surface area contributed by atoms with E-state index in [-0.39, 0.29) is 17.6 Å². The zero-order chi connectivity index (χ0) is 18.7. The number of fused-ring (bicyclic) bond motifs is 1. The highest BCUT2D eigenvalue weighted by Crippen LogP contribution is 2.28. The van der Waals surface area contributed by atoms with Crippen molar-refractivity contribution >= 4 is 28.7 Å². The molecule has 1 aromatic carbocycles. The van der Waals surface area contributed by atoms with Gasteiger partial charge in [0.1, 0.15) is 11.3 Å². The van der Waals surface area contributed by atoms with Gasteiger partial charge in [-0.3, -0.25) is 4.98 Å². The number of pyridine rings is 1. The summed E-state index contributed by atoms with van der Waals surface area (Å²) in [5.74, 6) is -0.199. The van der Waals surface area contributed by atoms with Crippen molar-refractivity contribution in [1.82, 2.24) is 15.2 Å². The Bertz CT molecular complexity index is 837. The molecule has 1 aromatic heterocycles. The first-order valence-electron chi connectivity index (χ1n) is 8.15. The monoisotopic (exact) mass is 362 g/mol. The van der Waals surface area contributed by atoms with Crippen molar-refractivity contribution in [2.24, 2.45) is 0 Å². The number of benzene rings is 1. The van der Waals surface area contributed by atoms with Crippen molar-refractivity contribution in [3.8, 4) is 5.75 Å². The predicted octanol–water partition coefficient (Wildman–Crippen LogP) is 2.65. The number of urea groups is 1. The van der Waals surface area contributed by atoms with Crippen LogP contribution in [0.15, 0.2) is 24.4 Å². The highest BCUT2D eigenvalue weighted by molar-refractivity contribution is 6.00. The highest BCUT2D eigenvalue weighted by Gasteiger charge is 2.24. The molecule has 0 spiro atoms. The fourth-order valence-corrected chi connectivity index (χ4v) is 3.01. The summed E-state index contributed by atoms with van der Waals surface area (Å²) in [6.07, 6.45) is 1.45. The van der Waals surface area contributed by atoms with Crippen molar-refractivity contribution in [2.75, 3.05) is 25.5 Å². The van der Waals surface area contributed by atoms with E-state index in [0.717, 1.165) is 0 Å². The van der Waals surface area contributed by atoms with Gasteiger partial charge in [-0.2, -0.15) is 0 Å². The second kappa shape index (κ2) is 7.42. The molecule has 9 heteroatoms. The van der Waals surface area contributed by atoms with Crippen LogP contribution in [0.25, 0.3) is 10.9 Å².